The molecule has 3 rings (SSSR count). The van der Waals surface area contributed by atoms with Gasteiger partial charge in [-0.05, 0) is 53.4 Å². The number of hydrogen-bond donors (Lipinski definition) is 0. The van der Waals surface area contributed by atoms with Gasteiger partial charge in [-0.15, -0.1) is 0 Å². The van der Waals surface area contributed by atoms with Crippen molar-refractivity contribution < 1.29 is 4.43 Å². The number of hydrogen-bond acceptors (Lipinski definition) is 2. The molecule has 0 unspecified atom stereocenters. The van der Waals surface area contributed by atoms with E-state index < -0.39 is 8.32 Å². The molecule has 0 atom stereocenters. The average Bonchev–Trinajstić information content (AvgIpc) is 2.59. The summed E-state index contributed by atoms with van der Waals surface area (Å²) in [4.78, 5) is 4.58. The number of nitrogens with zero attached hydrogens (tertiary/aromatic N) is 1. The first-order valence-electron chi connectivity index (χ1n) is 9.07. The lowest BCUT2D eigenvalue weighted by molar-refractivity contribution is 0.493. The standard InChI is InChI=1S/C23H27NOSi/c1-23(2,3)26(4,5)25-20-13-12-19-15-16-24-22(21(19)17-20)14-11-18-9-7-6-8-10-18/h6-17H,1-5H3. The molecular formula is C23H27NOSi. The molecular weight excluding hydrogens is 334 g/mol. The number of rotatable bonds is 4. The second kappa shape index (κ2) is 7.08. The smallest absolute Gasteiger partial charge is 0.250 e. The topological polar surface area (TPSA) is 22.1 Å². The minimum atomic E-state index is -1.86. The summed E-state index contributed by atoms with van der Waals surface area (Å²) in [6.07, 6.45) is 6.04. The van der Waals surface area contributed by atoms with Gasteiger partial charge in [0.1, 0.15) is 5.75 Å². The molecule has 3 aromatic rings. The maximum absolute atomic E-state index is 6.48. The van der Waals surface area contributed by atoms with E-state index in [0.717, 1.165) is 16.8 Å². The zero-order valence-corrected chi connectivity index (χ0v) is 17.3. The van der Waals surface area contributed by atoms with E-state index >= 15 is 0 Å². The lowest BCUT2D eigenvalue weighted by atomic mass is 10.1. The van der Waals surface area contributed by atoms with Gasteiger partial charge in [0.25, 0.3) is 0 Å². The van der Waals surface area contributed by atoms with Crippen LogP contribution in [0.4, 0.5) is 0 Å². The Kier molecular flexibility index (Phi) is 5.01. The summed E-state index contributed by atoms with van der Waals surface area (Å²) in [6, 6.07) is 18.7. The third kappa shape index (κ3) is 4.05. The van der Waals surface area contributed by atoms with Crippen LogP contribution in [0.25, 0.3) is 22.9 Å². The van der Waals surface area contributed by atoms with Crippen molar-refractivity contribution in [3.8, 4) is 5.75 Å². The van der Waals surface area contributed by atoms with E-state index in [2.05, 4.69) is 81.3 Å². The number of aromatic nitrogens is 1. The van der Waals surface area contributed by atoms with Gasteiger partial charge in [0.2, 0.25) is 8.32 Å². The van der Waals surface area contributed by atoms with Gasteiger partial charge < -0.3 is 4.43 Å². The molecule has 26 heavy (non-hydrogen) atoms. The van der Waals surface area contributed by atoms with Gasteiger partial charge in [-0.1, -0.05) is 63.2 Å². The van der Waals surface area contributed by atoms with Gasteiger partial charge in [-0.2, -0.15) is 0 Å². The highest BCUT2D eigenvalue weighted by Gasteiger charge is 2.38. The third-order valence-corrected chi connectivity index (χ3v) is 9.54. The van der Waals surface area contributed by atoms with Crippen LogP contribution in [0.1, 0.15) is 32.0 Å². The molecule has 0 amide bonds. The molecule has 0 aliphatic heterocycles. The summed E-state index contributed by atoms with van der Waals surface area (Å²) >= 11 is 0. The maximum atomic E-state index is 6.48. The molecule has 0 spiro atoms. The average molecular weight is 362 g/mol. The largest absolute Gasteiger partial charge is 0.543 e. The summed E-state index contributed by atoms with van der Waals surface area (Å²) in [5, 5.41) is 2.47. The van der Waals surface area contributed by atoms with Crippen molar-refractivity contribution in [1.29, 1.82) is 0 Å². The van der Waals surface area contributed by atoms with Gasteiger partial charge in [0, 0.05) is 11.6 Å². The van der Waals surface area contributed by atoms with Crippen LogP contribution in [0, 0.1) is 0 Å². The van der Waals surface area contributed by atoms with Crippen molar-refractivity contribution in [2.45, 2.75) is 38.9 Å². The Labute approximate surface area is 157 Å². The molecule has 2 nitrogen and oxygen atoms in total. The summed E-state index contributed by atoms with van der Waals surface area (Å²) < 4.78 is 6.48. The predicted octanol–water partition coefficient (Wildman–Crippen LogP) is 6.79. The van der Waals surface area contributed by atoms with E-state index in [1.54, 1.807) is 0 Å². The van der Waals surface area contributed by atoms with Gasteiger partial charge in [-0.3, -0.25) is 4.98 Å². The fraction of sp³-hybridized carbons (Fsp3) is 0.261. The zero-order valence-electron chi connectivity index (χ0n) is 16.3. The van der Waals surface area contributed by atoms with Crippen LogP contribution in [-0.2, 0) is 0 Å². The van der Waals surface area contributed by atoms with Crippen molar-refractivity contribution in [1.82, 2.24) is 4.98 Å². The molecule has 1 aromatic heterocycles. The molecule has 0 bridgehead atoms. The van der Waals surface area contributed by atoms with Crippen LogP contribution in [-0.4, -0.2) is 13.3 Å². The molecule has 1 heterocycles. The molecule has 0 saturated heterocycles. The van der Waals surface area contributed by atoms with Gasteiger partial charge in [0.05, 0.1) is 5.69 Å². The van der Waals surface area contributed by atoms with Gasteiger partial charge >= 0.3 is 0 Å². The van der Waals surface area contributed by atoms with E-state index in [4.69, 9.17) is 4.43 Å². The molecule has 0 N–H and O–H groups in total. The van der Waals surface area contributed by atoms with E-state index in [9.17, 15) is 0 Å². The number of benzene rings is 2. The normalized spacial score (nSPS) is 12.7. The summed E-state index contributed by atoms with van der Waals surface area (Å²) in [7, 11) is -1.86. The molecule has 134 valence electrons. The molecule has 0 saturated carbocycles. The summed E-state index contributed by atoms with van der Waals surface area (Å²) in [5.41, 5.74) is 2.13. The van der Waals surface area contributed by atoms with Crippen molar-refractivity contribution in [3.63, 3.8) is 0 Å². The molecule has 2 aromatic carbocycles. The SMILES string of the molecule is CC(C)(C)[Si](C)(C)Oc1ccc2ccnc(C=Cc3ccccc3)c2c1. The molecule has 0 aliphatic carbocycles. The number of fused-ring (bicyclic) bond motifs is 1. The van der Waals surface area contributed by atoms with Crippen molar-refractivity contribution >= 4 is 31.2 Å². The Morgan fingerprint density at radius 2 is 1.65 bits per heavy atom. The number of pyridine rings is 1. The highest BCUT2D eigenvalue weighted by Crippen LogP contribution is 2.38. The minimum absolute atomic E-state index is 0.174. The first-order chi connectivity index (χ1) is 12.3. The molecule has 3 heteroatoms. The molecule has 0 radical (unpaired) electrons. The third-order valence-electron chi connectivity index (χ3n) is 5.18. The minimum Gasteiger partial charge on any atom is -0.543 e. The highest BCUT2D eigenvalue weighted by atomic mass is 28.4. The van der Waals surface area contributed by atoms with Crippen molar-refractivity contribution in [2.75, 3.05) is 0 Å². The van der Waals surface area contributed by atoms with E-state index in [-0.39, 0.29) is 5.04 Å². The fourth-order valence-corrected chi connectivity index (χ4v) is 3.58. The van der Waals surface area contributed by atoms with Crippen LogP contribution in [0.3, 0.4) is 0 Å². The maximum Gasteiger partial charge on any atom is 0.250 e. The van der Waals surface area contributed by atoms with E-state index in [0.29, 0.717) is 0 Å². The lowest BCUT2D eigenvalue weighted by Crippen LogP contribution is -2.43. The van der Waals surface area contributed by atoms with Gasteiger partial charge in [-0.25, -0.2) is 0 Å². The van der Waals surface area contributed by atoms with Crippen LogP contribution >= 0.6 is 0 Å². The lowest BCUT2D eigenvalue weighted by Gasteiger charge is -2.36. The Balaban J connectivity index is 1.97. The Morgan fingerprint density at radius 1 is 0.923 bits per heavy atom. The predicted molar refractivity (Wildman–Crippen MR) is 115 cm³/mol. The Bertz CT molecular complexity index is 924. The van der Waals surface area contributed by atoms with Crippen molar-refractivity contribution in [2.24, 2.45) is 0 Å². The quantitative estimate of drug-likeness (QED) is 0.477. The zero-order chi connectivity index (χ0) is 18.8. The van der Waals surface area contributed by atoms with Gasteiger partial charge in [0.15, 0.2) is 0 Å². The fourth-order valence-electron chi connectivity index (χ4n) is 2.55. The van der Waals surface area contributed by atoms with Crippen LogP contribution in [0.15, 0.2) is 60.8 Å². The van der Waals surface area contributed by atoms with E-state index in [1.165, 1.54) is 10.9 Å². The Hall–Kier alpha value is -2.39. The van der Waals surface area contributed by atoms with Crippen LogP contribution in [0.5, 0.6) is 5.75 Å². The van der Waals surface area contributed by atoms with Crippen LogP contribution < -0.4 is 4.43 Å². The summed E-state index contributed by atoms with van der Waals surface area (Å²) in [6.45, 7) is 11.3. The second-order valence-corrected chi connectivity index (χ2v) is 12.9. The highest BCUT2D eigenvalue weighted by molar-refractivity contribution is 6.74. The molecule has 0 aliphatic rings. The first-order valence-corrected chi connectivity index (χ1v) is 12.0. The van der Waals surface area contributed by atoms with Crippen molar-refractivity contribution in [3.05, 3.63) is 72.1 Å². The van der Waals surface area contributed by atoms with Crippen LogP contribution in [0.2, 0.25) is 18.1 Å². The molecule has 0 fully saturated rings. The first kappa shape index (κ1) is 18.4. The second-order valence-electron chi connectivity index (χ2n) is 8.19. The Morgan fingerprint density at radius 3 is 2.35 bits per heavy atom. The monoisotopic (exact) mass is 361 g/mol. The summed E-state index contributed by atoms with van der Waals surface area (Å²) in [5.74, 6) is 0.937. The van der Waals surface area contributed by atoms with E-state index in [1.807, 2.05) is 30.5 Å².